The van der Waals surface area contributed by atoms with Crippen molar-refractivity contribution >= 4 is 11.3 Å². The van der Waals surface area contributed by atoms with E-state index >= 15 is 0 Å². The number of rotatable bonds is 5. The van der Waals surface area contributed by atoms with Gasteiger partial charge in [0.1, 0.15) is 11.1 Å². The van der Waals surface area contributed by atoms with E-state index in [2.05, 4.69) is 28.4 Å². The number of hydrogen-bond acceptors (Lipinski definition) is 5. The predicted molar refractivity (Wildman–Crippen MR) is 87.9 cm³/mol. The van der Waals surface area contributed by atoms with Crippen LogP contribution in [0.15, 0.2) is 29.6 Å². The minimum absolute atomic E-state index is 0.0328. The first-order valence-corrected chi connectivity index (χ1v) is 8.41. The summed E-state index contributed by atoms with van der Waals surface area (Å²) in [5.74, 6) is 0. The van der Waals surface area contributed by atoms with Gasteiger partial charge in [0, 0.05) is 25.1 Å². The van der Waals surface area contributed by atoms with Crippen LogP contribution in [-0.4, -0.2) is 35.2 Å². The van der Waals surface area contributed by atoms with Crippen LogP contribution < -0.4 is 0 Å². The van der Waals surface area contributed by atoms with Gasteiger partial charge in [-0.2, -0.15) is 0 Å². The fourth-order valence-corrected chi connectivity index (χ4v) is 3.85. The van der Waals surface area contributed by atoms with Crippen LogP contribution in [0.5, 0.6) is 0 Å². The van der Waals surface area contributed by atoms with Crippen LogP contribution in [0.3, 0.4) is 0 Å². The largest absolute Gasteiger partial charge is 0.387 e. The zero-order valence-corrected chi connectivity index (χ0v) is 14.0. The molecule has 0 radical (unpaired) electrons. The highest BCUT2D eigenvalue weighted by Crippen LogP contribution is 2.34. The summed E-state index contributed by atoms with van der Waals surface area (Å²) in [7, 11) is 3.75. The maximum absolute atomic E-state index is 10.5. The number of aromatic nitrogens is 1. The summed E-state index contributed by atoms with van der Waals surface area (Å²) in [6, 6.07) is 8.26. The molecule has 0 bridgehead atoms. The van der Waals surface area contributed by atoms with Gasteiger partial charge in [-0.1, -0.05) is 24.3 Å². The minimum atomic E-state index is -0.419. The second-order valence-electron chi connectivity index (χ2n) is 5.89. The van der Waals surface area contributed by atoms with Crippen LogP contribution in [0.1, 0.15) is 41.0 Å². The van der Waals surface area contributed by atoms with Gasteiger partial charge < -0.3 is 9.84 Å². The SMILES string of the molecule is CO[C@H](C)c1nc(CN(C)[C@@H]2Cc3ccccc3[C@@H]2O)cs1. The summed E-state index contributed by atoms with van der Waals surface area (Å²) < 4.78 is 5.31. The predicted octanol–water partition coefficient (Wildman–Crippen LogP) is 2.94. The van der Waals surface area contributed by atoms with Crippen molar-refractivity contribution in [1.29, 1.82) is 0 Å². The number of fused-ring (bicyclic) bond motifs is 1. The quantitative estimate of drug-likeness (QED) is 0.921. The van der Waals surface area contributed by atoms with Crippen LogP contribution in [0.25, 0.3) is 0 Å². The molecule has 0 saturated carbocycles. The molecule has 0 unspecified atom stereocenters. The van der Waals surface area contributed by atoms with E-state index < -0.39 is 6.10 Å². The summed E-state index contributed by atoms with van der Waals surface area (Å²) >= 11 is 1.63. The van der Waals surface area contributed by atoms with Crippen molar-refractivity contribution < 1.29 is 9.84 Å². The molecule has 5 heteroatoms. The Morgan fingerprint density at radius 3 is 2.95 bits per heavy atom. The van der Waals surface area contributed by atoms with E-state index in [1.54, 1.807) is 18.4 Å². The molecule has 1 heterocycles. The number of hydrogen-bond donors (Lipinski definition) is 1. The second-order valence-corrected chi connectivity index (χ2v) is 6.77. The summed E-state index contributed by atoms with van der Waals surface area (Å²) in [5.41, 5.74) is 3.35. The molecule has 4 nitrogen and oxygen atoms in total. The van der Waals surface area contributed by atoms with Gasteiger partial charge in [0.25, 0.3) is 0 Å². The van der Waals surface area contributed by atoms with Crippen molar-refractivity contribution in [1.82, 2.24) is 9.88 Å². The lowest BCUT2D eigenvalue weighted by atomic mass is 10.1. The highest BCUT2D eigenvalue weighted by molar-refractivity contribution is 7.09. The van der Waals surface area contributed by atoms with E-state index in [-0.39, 0.29) is 12.1 Å². The topological polar surface area (TPSA) is 45.6 Å². The Bertz CT molecular complexity index is 643. The molecule has 1 aromatic heterocycles. The Morgan fingerprint density at radius 2 is 2.23 bits per heavy atom. The molecule has 1 aliphatic carbocycles. The molecule has 0 amide bonds. The maximum atomic E-state index is 10.5. The molecular formula is C17H22N2O2S. The molecular weight excluding hydrogens is 296 g/mol. The molecule has 0 spiro atoms. The number of likely N-dealkylation sites (N-methyl/N-ethyl adjacent to an activating group) is 1. The molecule has 2 aromatic rings. The van der Waals surface area contributed by atoms with Gasteiger partial charge in [0.15, 0.2) is 0 Å². The third-order valence-electron chi connectivity index (χ3n) is 4.42. The Labute approximate surface area is 135 Å². The van der Waals surface area contributed by atoms with Gasteiger partial charge in [-0.15, -0.1) is 11.3 Å². The maximum Gasteiger partial charge on any atom is 0.122 e. The van der Waals surface area contributed by atoms with Crippen LogP contribution in [0.4, 0.5) is 0 Å². The smallest absolute Gasteiger partial charge is 0.122 e. The van der Waals surface area contributed by atoms with Gasteiger partial charge in [0.2, 0.25) is 0 Å². The van der Waals surface area contributed by atoms with E-state index in [0.717, 1.165) is 29.2 Å². The molecule has 0 fully saturated rings. The molecule has 0 saturated heterocycles. The first-order valence-electron chi connectivity index (χ1n) is 7.53. The number of thiazole rings is 1. The number of aliphatic hydroxyl groups excluding tert-OH is 1. The Kier molecular flexibility index (Phi) is 4.59. The Hall–Kier alpha value is -1.27. The van der Waals surface area contributed by atoms with E-state index in [0.29, 0.717) is 0 Å². The first kappa shape index (κ1) is 15.6. The highest BCUT2D eigenvalue weighted by Gasteiger charge is 2.33. The molecule has 22 heavy (non-hydrogen) atoms. The van der Waals surface area contributed by atoms with Gasteiger partial charge in [-0.05, 0) is 31.5 Å². The average molecular weight is 318 g/mol. The van der Waals surface area contributed by atoms with Gasteiger partial charge in [0.05, 0.1) is 11.8 Å². The van der Waals surface area contributed by atoms with E-state index in [1.807, 2.05) is 25.1 Å². The minimum Gasteiger partial charge on any atom is -0.387 e. The number of aliphatic hydroxyl groups is 1. The van der Waals surface area contributed by atoms with Gasteiger partial charge >= 0.3 is 0 Å². The van der Waals surface area contributed by atoms with E-state index in [9.17, 15) is 5.11 Å². The summed E-state index contributed by atoms with van der Waals surface area (Å²) in [6.07, 6.45) is 0.502. The molecule has 1 N–H and O–H groups in total. The second kappa shape index (κ2) is 6.46. The molecule has 1 aliphatic rings. The zero-order valence-electron chi connectivity index (χ0n) is 13.2. The van der Waals surface area contributed by atoms with Crippen LogP contribution in [0, 0.1) is 0 Å². The lowest BCUT2D eigenvalue weighted by Crippen LogP contribution is -2.34. The number of benzene rings is 1. The van der Waals surface area contributed by atoms with Crippen LogP contribution >= 0.6 is 11.3 Å². The third-order valence-corrected chi connectivity index (χ3v) is 5.47. The average Bonchev–Trinajstić information content (AvgIpc) is 3.12. The molecule has 0 aliphatic heterocycles. The van der Waals surface area contributed by atoms with Crippen molar-refractivity contribution in [2.45, 2.75) is 38.1 Å². The number of nitrogens with zero attached hydrogens (tertiary/aromatic N) is 2. The fraction of sp³-hybridized carbons (Fsp3) is 0.471. The molecule has 3 atom stereocenters. The lowest BCUT2D eigenvalue weighted by molar-refractivity contribution is 0.0713. The van der Waals surface area contributed by atoms with Gasteiger partial charge in [-0.25, -0.2) is 4.98 Å². The Balaban J connectivity index is 1.68. The van der Waals surface area contributed by atoms with E-state index in [4.69, 9.17) is 4.74 Å². The van der Waals surface area contributed by atoms with Crippen molar-refractivity contribution in [3.63, 3.8) is 0 Å². The summed E-state index contributed by atoms with van der Waals surface area (Å²) in [6.45, 7) is 2.74. The third kappa shape index (κ3) is 2.94. The first-order chi connectivity index (χ1) is 10.6. The normalized spacial score (nSPS) is 22.0. The van der Waals surface area contributed by atoms with Crippen molar-refractivity contribution in [2.75, 3.05) is 14.2 Å². The molecule has 3 rings (SSSR count). The number of methoxy groups -OCH3 is 1. The molecule has 118 valence electrons. The number of ether oxygens (including phenoxy) is 1. The summed E-state index contributed by atoms with van der Waals surface area (Å²) in [5, 5.41) is 13.6. The Morgan fingerprint density at radius 1 is 1.45 bits per heavy atom. The molecule has 1 aromatic carbocycles. The van der Waals surface area contributed by atoms with Gasteiger partial charge in [-0.3, -0.25) is 4.90 Å². The van der Waals surface area contributed by atoms with Crippen molar-refractivity contribution in [3.05, 3.63) is 51.5 Å². The lowest BCUT2D eigenvalue weighted by Gasteiger charge is -2.26. The highest BCUT2D eigenvalue weighted by atomic mass is 32.1. The summed E-state index contributed by atoms with van der Waals surface area (Å²) in [4.78, 5) is 6.83. The van der Waals surface area contributed by atoms with Crippen LogP contribution in [0.2, 0.25) is 0 Å². The zero-order chi connectivity index (χ0) is 15.7. The van der Waals surface area contributed by atoms with Crippen molar-refractivity contribution in [2.24, 2.45) is 0 Å². The van der Waals surface area contributed by atoms with Crippen molar-refractivity contribution in [3.8, 4) is 0 Å². The monoisotopic (exact) mass is 318 g/mol. The fourth-order valence-electron chi connectivity index (χ4n) is 3.01. The standard InChI is InChI=1S/C17H22N2O2S/c1-11(21-3)17-18-13(10-22-17)9-19(2)15-8-12-6-4-5-7-14(12)16(15)20/h4-7,10-11,15-16,20H,8-9H2,1-3H3/t11-,15-,16+/m1/s1. The van der Waals surface area contributed by atoms with Crippen LogP contribution in [-0.2, 0) is 17.7 Å². The van der Waals surface area contributed by atoms with E-state index in [1.165, 1.54) is 5.56 Å².